The van der Waals surface area contributed by atoms with Crippen LogP contribution in [0, 0.1) is 0 Å². The molecule has 2 heteroatoms. The van der Waals surface area contributed by atoms with Crippen LogP contribution < -0.4 is 5.32 Å². The van der Waals surface area contributed by atoms with Crippen molar-refractivity contribution in [3.05, 3.63) is 70.3 Å². The fourth-order valence-corrected chi connectivity index (χ4v) is 4.23. The van der Waals surface area contributed by atoms with Gasteiger partial charge in [-0.1, -0.05) is 55.9 Å². The van der Waals surface area contributed by atoms with Gasteiger partial charge in [0.05, 0.1) is 0 Å². The van der Waals surface area contributed by atoms with Crippen molar-refractivity contribution >= 4 is 28.5 Å². The fourth-order valence-electron chi connectivity index (χ4n) is 3.98. The number of fused-ring (bicyclic) bond motifs is 1. The summed E-state index contributed by atoms with van der Waals surface area (Å²) in [5, 5.41) is 3.40. The number of hydrogen-bond acceptors (Lipinski definition) is 1. The molecule has 128 valence electrons. The third kappa shape index (κ3) is 3.28. The summed E-state index contributed by atoms with van der Waals surface area (Å²) in [6.45, 7) is 6.90. The summed E-state index contributed by atoms with van der Waals surface area (Å²) < 4.78 is 0. The molecule has 0 unspecified atom stereocenters. The maximum Gasteiger partial charge on any atom is 0.110 e. The molecule has 0 radical (unpaired) electrons. The Balaban J connectivity index is 1.51. The normalized spacial score (nSPS) is 17.9. The molecular weight excluding hydrogens is 322 g/mol. The van der Waals surface area contributed by atoms with Crippen molar-refractivity contribution < 1.29 is 0 Å². The molecule has 2 aromatic carbocycles. The molecule has 4 rings (SSSR count). The van der Waals surface area contributed by atoms with Gasteiger partial charge < -0.3 is 5.32 Å². The Hall–Kier alpha value is -1.93. The van der Waals surface area contributed by atoms with Crippen LogP contribution in [0.4, 0.5) is 5.69 Å². The van der Waals surface area contributed by atoms with E-state index in [2.05, 4.69) is 68.6 Å². The van der Waals surface area contributed by atoms with Crippen molar-refractivity contribution in [1.29, 1.82) is 0 Å². The molecule has 0 saturated carbocycles. The van der Waals surface area contributed by atoms with Crippen LogP contribution in [0.15, 0.2) is 48.0 Å². The van der Waals surface area contributed by atoms with Gasteiger partial charge in [0.2, 0.25) is 0 Å². The average molecular weight is 348 g/mol. The van der Waals surface area contributed by atoms with Gasteiger partial charge >= 0.3 is 0 Å². The van der Waals surface area contributed by atoms with Gasteiger partial charge in [0.1, 0.15) is 4.99 Å². The van der Waals surface area contributed by atoms with Crippen molar-refractivity contribution in [3.8, 4) is 0 Å². The molecule has 0 aliphatic heterocycles. The number of nitrogens with one attached hydrogen (secondary N) is 1. The molecule has 0 saturated heterocycles. The van der Waals surface area contributed by atoms with Crippen molar-refractivity contribution in [2.75, 3.05) is 5.32 Å². The van der Waals surface area contributed by atoms with Crippen LogP contribution in [0.2, 0.25) is 0 Å². The van der Waals surface area contributed by atoms with Gasteiger partial charge in [-0.3, -0.25) is 0 Å². The van der Waals surface area contributed by atoms with E-state index < -0.39 is 0 Å². The molecule has 0 fully saturated rings. The molecule has 0 atom stereocenters. The zero-order valence-electron chi connectivity index (χ0n) is 15.3. The lowest BCUT2D eigenvalue weighted by atomic mass is 9.72. The van der Waals surface area contributed by atoms with Crippen LogP contribution in [0.25, 0.3) is 5.57 Å². The second-order valence-electron chi connectivity index (χ2n) is 8.08. The van der Waals surface area contributed by atoms with E-state index in [0.717, 1.165) is 22.7 Å². The van der Waals surface area contributed by atoms with E-state index >= 15 is 0 Å². The monoisotopic (exact) mass is 347 g/mol. The van der Waals surface area contributed by atoms with Crippen molar-refractivity contribution in [1.82, 2.24) is 0 Å². The molecule has 1 N–H and O–H groups in total. The third-order valence-corrected chi connectivity index (χ3v) is 6.01. The van der Waals surface area contributed by atoms with Crippen molar-refractivity contribution in [2.45, 2.75) is 51.9 Å². The number of thiocarbonyl (C=S) groups is 1. The molecule has 0 amide bonds. The van der Waals surface area contributed by atoms with Crippen LogP contribution in [0.1, 0.15) is 62.3 Å². The van der Waals surface area contributed by atoms with Gasteiger partial charge in [0, 0.05) is 11.3 Å². The van der Waals surface area contributed by atoms with Gasteiger partial charge in [-0.15, -0.1) is 0 Å². The lowest BCUT2D eigenvalue weighted by Crippen LogP contribution is -2.24. The summed E-state index contributed by atoms with van der Waals surface area (Å²) in [6.07, 6.45) is 4.86. The van der Waals surface area contributed by atoms with E-state index in [9.17, 15) is 0 Å². The Kier molecular flexibility index (Phi) is 4.04. The SMILES string of the molecule is CC1=C(c2ccc(NC(=S)c3ccc4c(c3)CCCC4(C)C)cc2)C1. The molecule has 1 nitrogen and oxygen atoms in total. The summed E-state index contributed by atoms with van der Waals surface area (Å²) >= 11 is 5.66. The van der Waals surface area contributed by atoms with Gasteiger partial charge in [-0.2, -0.15) is 0 Å². The fraction of sp³-hybridized carbons (Fsp3) is 0.348. The summed E-state index contributed by atoms with van der Waals surface area (Å²) in [6, 6.07) is 15.4. The largest absolute Gasteiger partial charge is 0.346 e. The van der Waals surface area contributed by atoms with Crippen LogP contribution in [-0.2, 0) is 11.8 Å². The zero-order valence-corrected chi connectivity index (χ0v) is 16.1. The summed E-state index contributed by atoms with van der Waals surface area (Å²) in [5.41, 5.74) is 9.76. The Morgan fingerprint density at radius 1 is 1.08 bits per heavy atom. The molecule has 0 spiro atoms. The number of rotatable bonds is 3. The number of anilines is 1. The number of allylic oxidation sites excluding steroid dienone is 2. The molecule has 25 heavy (non-hydrogen) atoms. The lowest BCUT2D eigenvalue weighted by molar-refractivity contribution is 0.432. The maximum absolute atomic E-state index is 5.66. The summed E-state index contributed by atoms with van der Waals surface area (Å²) in [5.74, 6) is 0. The quantitative estimate of drug-likeness (QED) is 0.657. The summed E-state index contributed by atoms with van der Waals surface area (Å²) in [7, 11) is 0. The molecule has 2 aromatic rings. The first-order valence-corrected chi connectivity index (χ1v) is 9.59. The van der Waals surface area contributed by atoms with Crippen molar-refractivity contribution in [3.63, 3.8) is 0 Å². The van der Waals surface area contributed by atoms with Crippen molar-refractivity contribution in [2.24, 2.45) is 0 Å². The third-order valence-electron chi connectivity index (χ3n) is 5.67. The first kappa shape index (κ1) is 16.5. The highest BCUT2D eigenvalue weighted by Gasteiger charge is 2.27. The smallest absolute Gasteiger partial charge is 0.110 e. The highest BCUT2D eigenvalue weighted by Crippen LogP contribution is 2.39. The predicted octanol–water partition coefficient (Wildman–Crippen LogP) is 6.27. The Morgan fingerprint density at radius 2 is 1.80 bits per heavy atom. The zero-order chi connectivity index (χ0) is 17.6. The average Bonchev–Trinajstić information content (AvgIpc) is 3.31. The molecule has 0 aromatic heterocycles. The number of benzene rings is 2. The second-order valence-corrected chi connectivity index (χ2v) is 8.48. The first-order chi connectivity index (χ1) is 11.9. The molecular formula is C23H25NS. The van der Waals surface area contributed by atoms with E-state index in [4.69, 9.17) is 12.2 Å². The van der Waals surface area contributed by atoms with E-state index in [1.54, 1.807) is 0 Å². The van der Waals surface area contributed by atoms with Crippen LogP contribution in [0.5, 0.6) is 0 Å². The molecule has 0 bridgehead atoms. The van der Waals surface area contributed by atoms with E-state index in [-0.39, 0.29) is 5.41 Å². The lowest BCUT2D eigenvalue weighted by Gasteiger charge is -2.32. The Labute approximate surface area is 156 Å². The standard InChI is InChI=1S/C23H25NS/c1-15-13-20(15)16-6-9-19(10-7-16)24-22(25)18-8-11-21-17(14-18)5-4-12-23(21,2)3/h6-11,14H,4-5,12-13H2,1-3H3,(H,24,25). The minimum Gasteiger partial charge on any atom is -0.346 e. The van der Waals surface area contributed by atoms with E-state index in [1.807, 2.05) is 0 Å². The minimum atomic E-state index is 0.284. The van der Waals surface area contributed by atoms with Crippen LogP contribution in [-0.4, -0.2) is 4.99 Å². The maximum atomic E-state index is 5.66. The molecule has 2 aliphatic rings. The minimum absolute atomic E-state index is 0.284. The summed E-state index contributed by atoms with van der Waals surface area (Å²) in [4.78, 5) is 0.806. The van der Waals surface area contributed by atoms with Gasteiger partial charge in [0.15, 0.2) is 0 Å². The van der Waals surface area contributed by atoms with E-state index in [1.165, 1.54) is 47.1 Å². The Bertz CT molecular complexity index is 871. The Morgan fingerprint density at radius 3 is 2.48 bits per heavy atom. The van der Waals surface area contributed by atoms with E-state index in [0.29, 0.717) is 0 Å². The highest BCUT2D eigenvalue weighted by molar-refractivity contribution is 7.81. The molecule has 0 heterocycles. The second kappa shape index (κ2) is 6.10. The number of hydrogen-bond donors (Lipinski definition) is 1. The topological polar surface area (TPSA) is 12.0 Å². The van der Waals surface area contributed by atoms with Gasteiger partial charge in [0.25, 0.3) is 0 Å². The van der Waals surface area contributed by atoms with Crippen LogP contribution >= 0.6 is 12.2 Å². The predicted molar refractivity (Wildman–Crippen MR) is 111 cm³/mol. The van der Waals surface area contributed by atoms with Gasteiger partial charge in [-0.05, 0) is 78.5 Å². The first-order valence-electron chi connectivity index (χ1n) is 9.18. The van der Waals surface area contributed by atoms with Gasteiger partial charge in [-0.25, -0.2) is 0 Å². The molecule has 2 aliphatic carbocycles. The highest BCUT2D eigenvalue weighted by atomic mass is 32.1. The number of aryl methyl sites for hydroxylation is 1. The van der Waals surface area contributed by atoms with Crippen LogP contribution in [0.3, 0.4) is 0 Å².